The van der Waals surface area contributed by atoms with E-state index >= 15 is 0 Å². The van der Waals surface area contributed by atoms with Gasteiger partial charge in [0.25, 0.3) is 0 Å². The molecule has 1 aliphatic rings. The maximum atomic E-state index is 12.7. The average Bonchev–Trinajstić information content (AvgIpc) is 3.31. The van der Waals surface area contributed by atoms with Crippen molar-refractivity contribution in [3.05, 3.63) is 61.2 Å². The number of aromatic nitrogens is 4. The molecule has 0 spiro atoms. The Labute approximate surface area is 191 Å². The molecule has 33 heavy (non-hydrogen) atoms. The molecule has 0 atom stereocenters. The molecule has 4 aromatic rings. The molecule has 1 aromatic carbocycles. The lowest BCUT2D eigenvalue weighted by Crippen LogP contribution is -2.50. The third-order valence-corrected chi connectivity index (χ3v) is 5.66. The molecule has 168 valence electrons. The van der Waals surface area contributed by atoms with Crippen molar-refractivity contribution in [1.29, 1.82) is 0 Å². The van der Waals surface area contributed by atoms with Crippen molar-refractivity contribution in [2.75, 3.05) is 43.0 Å². The zero-order chi connectivity index (χ0) is 22.6. The summed E-state index contributed by atoms with van der Waals surface area (Å²) >= 11 is 0. The Bertz CT molecular complexity index is 1230. The summed E-state index contributed by atoms with van der Waals surface area (Å²) in [4.78, 5) is 33.2. The van der Waals surface area contributed by atoms with Crippen LogP contribution in [0.3, 0.4) is 0 Å². The molecule has 9 heteroatoms. The number of rotatable bonds is 5. The number of piperazine rings is 1. The number of carbonyl (C=O) groups excluding carboxylic acids is 1. The fourth-order valence-corrected chi connectivity index (χ4v) is 3.98. The van der Waals surface area contributed by atoms with Gasteiger partial charge in [-0.1, -0.05) is 0 Å². The van der Waals surface area contributed by atoms with E-state index in [1.807, 2.05) is 54.4 Å². The highest BCUT2D eigenvalue weighted by Gasteiger charge is 2.24. The molecule has 0 unspecified atom stereocenters. The van der Waals surface area contributed by atoms with E-state index in [0.717, 1.165) is 39.5 Å². The molecular weight excluding hydrogens is 418 g/mol. The maximum absolute atomic E-state index is 12.7. The topological polar surface area (TPSA) is 99.3 Å². The standard InChI is InChI=1S/C24H25N7O2/c1-2-33-19-7-5-18(6-8-19)28-24(32)31-12-10-30(11-13-31)23-20-14-21(17-4-3-9-25-15-17)29-22(20)26-16-27-23/h3-9,14-16H,2,10-13H2,1H3,(H,28,32)(H,26,27,29). The molecule has 5 rings (SSSR count). The molecule has 3 aromatic heterocycles. The summed E-state index contributed by atoms with van der Waals surface area (Å²) in [6.45, 7) is 5.15. The van der Waals surface area contributed by atoms with E-state index in [-0.39, 0.29) is 6.03 Å². The number of hydrogen-bond acceptors (Lipinski definition) is 6. The summed E-state index contributed by atoms with van der Waals surface area (Å²) < 4.78 is 5.45. The fraction of sp³-hybridized carbons (Fsp3) is 0.250. The molecule has 1 fully saturated rings. The minimum absolute atomic E-state index is 0.104. The van der Waals surface area contributed by atoms with Crippen LogP contribution in [0.5, 0.6) is 5.75 Å². The van der Waals surface area contributed by atoms with Gasteiger partial charge in [-0.15, -0.1) is 0 Å². The second kappa shape index (κ2) is 9.15. The Morgan fingerprint density at radius 2 is 1.94 bits per heavy atom. The first kappa shape index (κ1) is 20.7. The SMILES string of the molecule is CCOc1ccc(NC(=O)N2CCN(c3ncnc4[nH]c(-c5cccnc5)cc34)CC2)cc1. The largest absolute Gasteiger partial charge is 0.494 e. The Hall–Kier alpha value is -4.14. The van der Waals surface area contributed by atoms with Crippen LogP contribution < -0.4 is 15.0 Å². The molecule has 9 nitrogen and oxygen atoms in total. The second-order valence-corrected chi connectivity index (χ2v) is 7.75. The number of urea groups is 1. The molecule has 2 N–H and O–H groups in total. The minimum atomic E-state index is -0.104. The number of pyridine rings is 1. The van der Waals surface area contributed by atoms with Crippen molar-refractivity contribution < 1.29 is 9.53 Å². The number of anilines is 2. The summed E-state index contributed by atoms with van der Waals surface area (Å²) in [7, 11) is 0. The van der Waals surface area contributed by atoms with Crippen LogP contribution in [0.1, 0.15) is 6.92 Å². The van der Waals surface area contributed by atoms with Crippen LogP contribution in [0.4, 0.5) is 16.3 Å². The third kappa shape index (κ3) is 4.43. The van der Waals surface area contributed by atoms with Gasteiger partial charge in [0.1, 0.15) is 23.5 Å². The maximum Gasteiger partial charge on any atom is 0.321 e. The van der Waals surface area contributed by atoms with Gasteiger partial charge in [0.05, 0.1) is 12.0 Å². The van der Waals surface area contributed by atoms with Gasteiger partial charge in [0, 0.05) is 55.5 Å². The number of carbonyl (C=O) groups is 1. The van der Waals surface area contributed by atoms with Crippen LogP contribution in [0.25, 0.3) is 22.3 Å². The number of H-pyrrole nitrogens is 1. The fourth-order valence-electron chi connectivity index (χ4n) is 3.98. The minimum Gasteiger partial charge on any atom is -0.494 e. The van der Waals surface area contributed by atoms with Crippen molar-refractivity contribution in [2.24, 2.45) is 0 Å². The molecule has 0 bridgehead atoms. The van der Waals surface area contributed by atoms with Crippen molar-refractivity contribution >= 4 is 28.6 Å². The van der Waals surface area contributed by atoms with Gasteiger partial charge in [-0.05, 0) is 49.4 Å². The van der Waals surface area contributed by atoms with Crippen LogP contribution in [0.2, 0.25) is 0 Å². The highest BCUT2D eigenvalue weighted by molar-refractivity contribution is 5.92. The molecule has 0 aliphatic carbocycles. The normalized spacial score (nSPS) is 13.8. The lowest BCUT2D eigenvalue weighted by atomic mass is 10.2. The van der Waals surface area contributed by atoms with E-state index in [2.05, 4.69) is 36.2 Å². The smallest absolute Gasteiger partial charge is 0.321 e. The predicted octanol–water partition coefficient (Wildman–Crippen LogP) is 3.77. The summed E-state index contributed by atoms with van der Waals surface area (Å²) in [5, 5.41) is 3.92. The van der Waals surface area contributed by atoms with Crippen LogP contribution >= 0.6 is 0 Å². The van der Waals surface area contributed by atoms with Gasteiger partial charge in [-0.25, -0.2) is 14.8 Å². The van der Waals surface area contributed by atoms with E-state index in [4.69, 9.17) is 4.74 Å². The summed E-state index contributed by atoms with van der Waals surface area (Å²) in [5.74, 6) is 1.66. The first-order valence-corrected chi connectivity index (χ1v) is 11.0. The van der Waals surface area contributed by atoms with E-state index in [9.17, 15) is 4.79 Å². The number of hydrogen-bond donors (Lipinski definition) is 2. The molecule has 0 saturated carbocycles. The van der Waals surface area contributed by atoms with Gasteiger partial charge >= 0.3 is 6.03 Å². The molecule has 1 aliphatic heterocycles. The van der Waals surface area contributed by atoms with Crippen molar-refractivity contribution in [1.82, 2.24) is 24.8 Å². The number of ether oxygens (including phenoxy) is 1. The predicted molar refractivity (Wildman–Crippen MR) is 128 cm³/mol. The number of nitrogens with one attached hydrogen (secondary N) is 2. The number of nitrogens with zero attached hydrogens (tertiary/aromatic N) is 5. The lowest BCUT2D eigenvalue weighted by Gasteiger charge is -2.35. The molecular formula is C24H25N7O2. The monoisotopic (exact) mass is 443 g/mol. The lowest BCUT2D eigenvalue weighted by molar-refractivity contribution is 0.208. The van der Waals surface area contributed by atoms with Gasteiger partial charge < -0.3 is 24.8 Å². The zero-order valence-corrected chi connectivity index (χ0v) is 18.4. The Morgan fingerprint density at radius 3 is 2.67 bits per heavy atom. The average molecular weight is 444 g/mol. The van der Waals surface area contributed by atoms with E-state index in [0.29, 0.717) is 32.8 Å². The quantitative estimate of drug-likeness (QED) is 0.487. The van der Waals surface area contributed by atoms with Gasteiger partial charge in [-0.3, -0.25) is 4.98 Å². The van der Waals surface area contributed by atoms with Crippen LogP contribution in [-0.4, -0.2) is 63.7 Å². The number of aromatic amines is 1. The molecule has 4 heterocycles. The van der Waals surface area contributed by atoms with Crippen molar-refractivity contribution in [3.63, 3.8) is 0 Å². The first-order chi connectivity index (χ1) is 16.2. The summed E-state index contributed by atoms with van der Waals surface area (Å²) in [6.07, 6.45) is 5.15. The highest BCUT2D eigenvalue weighted by Crippen LogP contribution is 2.29. The van der Waals surface area contributed by atoms with Crippen LogP contribution in [0, 0.1) is 0 Å². The van der Waals surface area contributed by atoms with Crippen LogP contribution in [0.15, 0.2) is 61.2 Å². The third-order valence-electron chi connectivity index (χ3n) is 5.66. The summed E-state index contributed by atoms with van der Waals surface area (Å²) in [6, 6.07) is 13.3. The van der Waals surface area contributed by atoms with E-state index in [1.54, 1.807) is 12.5 Å². The van der Waals surface area contributed by atoms with Crippen LogP contribution in [-0.2, 0) is 0 Å². The van der Waals surface area contributed by atoms with Gasteiger partial charge in [-0.2, -0.15) is 0 Å². The van der Waals surface area contributed by atoms with Gasteiger partial charge in [0.15, 0.2) is 0 Å². The molecule has 1 saturated heterocycles. The first-order valence-electron chi connectivity index (χ1n) is 11.0. The number of fused-ring (bicyclic) bond motifs is 1. The van der Waals surface area contributed by atoms with Gasteiger partial charge in [0.2, 0.25) is 0 Å². The van der Waals surface area contributed by atoms with Crippen molar-refractivity contribution in [3.8, 4) is 17.0 Å². The highest BCUT2D eigenvalue weighted by atomic mass is 16.5. The number of amides is 2. The van der Waals surface area contributed by atoms with Crippen molar-refractivity contribution in [2.45, 2.75) is 6.92 Å². The Kier molecular flexibility index (Phi) is 5.75. The Balaban J connectivity index is 1.25. The second-order valence-electron chi connectivity index (χ2n) is 7.75. The Morgan fingerprint density at radius 1 is 1.12 bits per heavy atom. The van der Waals surface area contributed by atoms with E-state index in [1.165, 1.54) is 0 Å². The summed E-state index contributed by atoms with van der Waals surface area (Å²) in [5.41, 5.74) is 3.48. The molecule has 0 radical (unpaired) electrons. The zero-order valence-electron chi connectivity index (χ0n) is 18.4. The molecule has 2 amide bonds. The number of benzene rings is 1. The van der Waals surface area contributed by atoms with E-state index < -0.39 is 0 Å².